The molecule has 0 amide bonds. The van der Waals surface area contributed by atoms with Gasteiger partial charge >= 0.3 is 19.5 Å². The summed E-state index contributed by atoms with van der Waals surface area (Å²) in [7, 11) is 1.65. The first-order valence-corrected chi connectivity index (χ1v) is 2.43. The van der Waals surface area contributed by atoms with Gasteiger partial charge in [0.2, 0.25) is 0 Å². The van der Waals surface area contributed by atoms with Gasteiger partial charge in [-0.1, -0.05) is 0 Å². The van der Waals surface area contributed by atoms with E-state index in [1.807, 2.05) is 24.3 Å². The number of hydrogen-bond acceptors (Lipinski definition) is 1. The van der Waals surface area contributed by atoms with Gasteiger partial charge < -0.3 is 17.1 Å². The van der Waals surface area contributed by atoms with Gasteiger partial charge in [-0.2, -0.15) is 18.2 Å². The van der Waals surface area contributed by atoms with Crippen molar-refractivity contribution in [2.24, 2.45) is 0 Å². The molecule has 1 aromatic rings. The summed E-state index contributed by atoms with van der Waals surface area (Å²) in [6, 6.07) is 10.2. The first-order chi connectivity index (χ1) is 3.93. The Balaban J connectivity index is 0. The van der Waals surface area contributed by atoms with E-state index in [1.54, 1.807) is 7.11 Å². The molecule has 0 N–H and O–H groups in total. The van der Waals surface area contributed by atoms with Crippen LogP contribution in [0.2, 0.25) is 0 Å². The molecule has 0 aliphatic heterocycles. The number of ether oxygens (including phenoxy) is 1. The van der Waals surface area contributed by atoms with Crippen molar-refractivity contribution in [2.75, 3.05) is 7.11 Å². The molecular formula is C7H7ClOZn. The standard InChI is InChI=1S/C7H7O.ClH.Zn/c1-8-7-5-3-2-4-6-7;;/h3-6H,1H3;1H;/q-1;;+2/p-1. The molecule has 0 saturated heterocycles. The maximum atomic E-state index is 4.89. The molecule has 0 aliphatic rings. The SMILES string of the molecule is COc1cc[c-]cc1.[Cl-].[Zn+2]. The zero-order valence-electron chi connectivity index (χ0n) is 5.80. The second kappa shape index (κ2) is 7.05. The van der Waals surface area contributed by atoms with Gasteiger partial charge in [-0.15, -0.1) is 12.1 Å². The van der Waals surface area contributed by atoms with E-state index in [9.17, 15) is 0 Å². The Morgan fingerprint density at radius 3 is 2.10 bits per heavy atom. The van der Waals surface area contributed by atoms with E-state index >= 15 is 0 Å². The van der Waals surface area contributed by atoms with Crippen LogP contribution in [0.5, 0.6) is 5.75 Å². The van der Waals surface area contributed by atoms with Crippen LogP contribution in [0.4, 0.5) is 0 Å². The number of hydrogen-bond donors (Lipinski definition) is 0. The first-order valence-electron chi connectivity index (χ1n) is 2.43. The van der Waals surface area contributed by atoms with Gasteiger partial charge in [0.05, 0.1) is 7.11 Å². The summed E-state index contributed by atoms with van der Waals surface area (Å²) in [6.45, 7) is 0. The predicted molar refractivity (Wildman–Crippen MR) is 31.8 cm³/mol. The van der Waals surface area contributed by atoms with E-state index in [1.165, 1.54) is 0 Å². The van der Waals surface area contributed by atoms with Crippen molar-refractivity contribution < 1.29 is 36.6 Å². The Labute approximate surface area is 79.9 Å². The second-order valence-electron chi connectivity index (χ2n) is 1.44. The van der Waals surface area contributed by atoms with Gasteiger partial charge in [-0.3, -0.25) is 0 Å². The number of benzene rings is 1. The van der Waals surface area contributed by atoms with E-state index in [0.29, 0.717) is 0 Å². The average molecular weight is 208 g/mol. The Bertz CT molecular complexity index is 155. The Hall–Kier alpha value is -0.0666. The summed E-state index contributed by atoms with van der Waals surface area (Å²) in [5, 5.41) is 0. The molecule has 0 radical (unpaired) electrons. The third kappa shape index (κ3) is 3.87. The van der Waals surface area contributed by atoms with Crippen LogP contribution >= 0.6 is 0 Å². The molecule has 0 spiro atoms. The number of rotatable bonds is 1. The van der Waals surface area contributed by atoms with Crippen LogP contribution in [-0.2, 0) is 19.5 Å². The number of halogens is 1. The van der Waals surface area contributed by atoms with E-state index in [0.717, 1.165) is 5.75 Å². The van der Waals surface area contributed by atoms with Crippen LogP contribution in [0.15, 0.2) is 24.3 Å². The summed E-state index contributed by atoms with van der Waals surface area (Å²) < 4.78 is 4.89. The number of methoxy groups -OCH3 is 1. The molecule has 3 heteroatoms. The van der Waals surface area contributed by atoms with Crippen molar-refractivity contribution in [3.8, 4) is 5.75 Å². The van der Waals surface area contributed by atoms with Crippen molar-refractivity contribution in [2.45, 2.75) is 0 Å². The van der Waals surface area contributed by atoms with Gasteiger partial charge in [0, 0.05) is 5.75 Å². The zero-order chi connectivity index (χ0) is 5.82. The smallest absolute Gasteiger partial charge is 1.00 e. The summed E-state index contributed by atoms with van der Waals surface area (Å²) in [5.74, 6) is 0.878. The van der Waals surface area contributed by atoms with Crippen LogP contribution in [-0.4, -0.2) is 7.11 Å². The largest absolute Gasteiger partial charge is 2.00 e. The van der Waals surface area contributed by atoms with Crippen molar-refractivity contribution in [3.05, 3.63) is 30.3 Å². The molecule has 50 valence electrons. The van der Waals surface area contributed by atoms with Crippen molar-refractivity contribution >= 4 is 0 Å². The summed E-state index contributed by atoms with van der Waals surface area (Å²) >= 11 is 0. The summed E-state index contributed by atoms with van der Waals surface area (Å²) in [5.41, 5.74) is 0. The molecule has 1 rings (SSSR count). The van der Waals surface area contributed by atoms with Gasteiger partial charge in [0.1, 0.15) is 0 Å². The van der Waals surface area contributed by atoms with E-state index in [-0.39, 0.29) is 31.9 Å². The molecule has 0 aromatic heterocycles. The molecule has 0 fully saturated rings. The minimum absolute atomic E-state index is 0. The van der Waals surface area contributed by atoms with Gasteiger partial charge in [-0.25, -0.2) is 0 Å². The topological polar surface area (TPSA) is 9.23 Å². The van der Waals surface area contributed by atoms with Gasteiger partial charge in [0.25, 0.3) is 0 Å². The van der Waals surface area contributed by atoms with Crippen molar-refractivity contribution in [1.82, 2.24) is 0 Å². The normalized spacial score (nSPS) is 6.90. The molecule has 1 aromatic carbocycles. The van der Waals surface area contributed by atoms with Crippen molar-refractivity contribution in [1.29, 1.82) is 0 Å². The fraction of sp³-hybridized carbons (Fsp3) is 0.143. The van der Waals surface area contributed by atoms with Crippen molar-refractivity contribution in [3.63, 3.8) is 0 Å². The van der Waals surface area contributed by atoms with Gasteiger partial charge in [-0.05, 0) is 0 Å². The second-order valence-corrected chi connectivity index (χ2v) is 1.44. The van der Waals surface area contributed by atoms with Crippen LogP contribution in [0, 0.1) is 6.07 Å². The molecule has 0 aliphatic carbocycles. The van der Waals surface area contributed by atoms with E-state index < -0.39 is 0 Å². The molecule has 0 heterocycles. The predicted octanol–water partition coefficient (Wildman–Crippen LogP) is -1.50. The maximum absolute atomic E-state index is 4.89. The van der Waals surface area contributed by atoms with Crippen LogP contribution in [0.25, 0.3) is 0 Å². The molecular weight excluding hydrogens is 201 g/mol. The molecule has 10 heavy (non-hydrogen) atoms. The average Bonchev–Trinajstić information content (AvgIpc) is 1.90. The monoisotopic (exact) mass is 206 g/mol. The zero-order valence-corrected chi connectivity index (χ0v) is 9.53. The third-order valence-electron chi connectivity index (χ3n) is 0.923. The fourth-order valence-corrected chi connectivity index (χ4v) is 0.508. The summed E-state index contributed by atoms with van der Waals surface area (Å²) in [4.78, 5) is 0. The minimum atomic E-state index is 0. The third-order valence-corrected chi connectivity index (χ3v) is 0.923. The summed E-state index contributed by atoms with van der Waals surface area (Å²) in [6.07, 6.45) is 0. The van der Waals surface area contributed by atoms with Crippen LogP contribution < -0.4 is 17.1 Å². The quantitative estimate of drug-likeness (QED) is 0.403. The molecule has 1 nitrogen and oxygen atoms in total. The molecule has 0 bridgehead atoms. The molecule has 0 atom stereocenters. The van der Waals surface area contributed by atoms with Gasteiger partial charge in [0.15, 0.2) is 0 Å². The fourth-order valence-electron chi connectivity index (χ4n) is 0.508. The Morgan fingerprint density at radius 1 is 1.30 bits per heavy atom. The Kier molecular flexibility index (Phi) is 8.87. The van der Waals surface area contributed by atoms with E-state index in [2.05, 4.69) is 6.07 Å². The van der Waals surface area contributed by atoms with E-state index in [4.69, 9.17) is 4.74 Å². The first kappa shape index (κ1) is 12.6. The minimum Gasteiger partial charge on any atom is -1.00 e. The van der Waals surface area contributed by atoms with Crippen LogP contribution in [0.3, 0.4) is 0 Å². The Morgan fingerprint density at radius 2 is 1.80 bits per heavy atom. The molecule has 0 saturated carbocycles. The molecule has 0 unspecified atom stereocenters. The maximum Gasteiger partial charge on any atom is 2.00 e. The van der Waals surface area contributed by atoms with Crippen LogP contribution in [0.1, 0.15) is 0 Å².